The normalized spacial score (nSPS) is 5.54. The molecule has 0 bridgehead atoms. The van der Waals surface area contributed by atoms with Crippen LogP contribution in [-0.4, -0.2) is 63.9 Å². The Kier molecular flexibility index (Phi) is 189. The monoisotopic (exact) mass is 266 g/mol. The Morgan fingerprint density at radius 3 is 0.538 bits per heavy atom. The topological polar surface area (TPSA) is 80.9 Å². The molecule has 0 aromatic rings. The van der Waals surface area contributed by atoms with Crippen molar-refractivity contribution in [1.82, 2.24) is 0 Å². The standard InChI is InChI=1S/4C2H6O.H2Se/c4*1-2-3;/h4*3H,2H2,1H3;1H2. The zero-order chi connectivity index (χ0) is 10.8. The van der Waals surface area contributed by atoms with Crippen molar-refractivity contribution in [1.29, 1.82) is 0 Å². The molecule has 13 heavy (non-hydrogen) atoms. The Morgan fingerprint density at radius 2 is 0.538 bits per heavy atom. The van der Waals surface area contributed by atoms with Gasteiger partial charge in [-0.1, -0.05) is 0 Å². The van der Waals surface area contributed by atoms with E-state index >= 15 is 0 Å². The first-order valence-corrected chi connectivity index (χ1v) is 4.09. The summed E-state index contributed by atoms with van der Waals surface area (Å²) in [5.74, 6) is 0. The van der Waals surface area contributed by atoms with Crippen LogP contribution in [0.4, 0.5) is 0 Å². The van der Waals surface area contributed by atoms with E-state index < -0.39 is 0 Å². The molecule has 0 radical (unpaired) electrons. The average Bonchev–Trinajstić information content (AvgIpc) is 1.92. The number of aliphatic hydroxyl groups excluding tert-OH is 4. The number of hydrogen-bond acceptors (Lipinski definition) is 4. The maximum atomic E-state index is 7.57. The van der Waals surface area contributed by atoms with E-state index in [1.807, 2.05) is 0 Å². The summed E-state index contributed by atoms with van der Waals surface area (Å²) in [6.45, 7) is 7.72. The summed E-state index contributed by atoms with van der Waals surface area (Å²) in [6.07, 6.45) is 0. The summed E-state index contributed by atoms with van der Waals surface area (Å²) >= 11 is 0. The molecule has 4 nitrogen and oxygen atoms in total. The predicted octanol–water partition coefficient (Wildman–Crippen LogP) is -0.922. The summed E-state index contributed by atoms with van der Waals surface area (Å²) in [5.41, 5.74) is 0. The van der Waals surface area contributed by atoms with Crippen molar-refractivity contribution in [2.24, 2.45) is 0 Å². The van der Waals surface area contributed by atoms with Gasteiger partial charge in [-0.05, 0) is 27.7 Å². The molecule has 0 aromatic carbocycles. The first-order chi connectivity index (χ1) is 5.66. The minimum absolute atomic E-state index is 0. The summed E-state index contributed by atoms with van der Waals surface area (Å²) in [6, 6.07) is 0. The van der Waals surface area contributed by atoms with Crippen LogP contribution in [0.25, 0.3) is 0 Å². The van der Waals surface area contributed by atoms with Crippen molar-refractivity contribution in [2.75, 3.05) is 26.4 Å². The van der Waals surface area contributed by atoms with Gasteiger partial charge in [0.15, 0.2) is 0 Å². The van der Waals surface area contributed by atoms with E-state index in [2.05, 4.69) is 0 Å². The van der Waals surface area contributed by atoms with Gasteiger partial charge < -0.3 is 20.4 Å². The van der Waals surface area contributed by atoms with Gasteiger partial charge in [0.1, 0.15) is 0 Å². The number of aliphatic hydroxyl groups is 4. The van der Waals surface area contributed by atoms with Gasteiger partial charge in [-0.2, -0.15) is 0 Å². The van der Waals surface area contributed by atoms with E-state index in [0.717, 1.165) is 0 Å². The third-order valence-corrected chi connectivity index (χ3v) is 0. The van der Waals surface area contributed by atoms with E-state index in [1.54, 1.807) is 27.7 Å². The second-order valence-electron chi connectivity index (χ2n) is 1.26. The van der Waals surface area contributed by atoms with Gasteiger partial charge >= 0.3 is 17.1 Å². The summed E-state index contributed by atoms with van der Waals surface area (Å²) < 4.78 is 0. The molecule has 0 saturated heterocycles. The fourth-order valence-corrected chi connectivity index (χ4v) is 0. The van der Waals surface area contributed by atoms with Gasteiger partial charge in [-0.3, -0.25) is 0 Å². The molecule has 88 valence electrons. The first-order valence-electron chi connectivity index (χ1n) is 4.09. The molecule has 0 heterocycles. The molecular formula is C8H26O4Se. The molecule has 4 N–H and O–H groups in total. The SMILES string of the molecule is CCO.CCO.CCO.CCO.[SeH2]. The van der Waals surface area contributed by atoms with E-state index in [9.17, 15) is 0 Å². The Hall–Kier alpha value is 0.359. The Bertz CT molecular complexity index is 24.1. The van der Waals surface area contributed by atoms with Gasteiger partial charge in [0.05, 0.1) is 0 Å². The summed E-state index contributed by atoms with van der Waals surface area (Å²) in [5, 5.41) is 30.3. The van der Waals surface area contributed by atoms with Crippen molar-refractivity contribution in [2.45, 2.75) is 27.7 Å². The Balaban J connectivity index is -0.0000000213. The molecule has 5 heteroatoms. The molecule has 0 fully saturated rings. The maximum absolute atomic E-state index is 7.57. The Morgan fingerprint density at radius 1 is 0.538 bits per heavy atom. The molecule has 0 aliphatic carbocycles. The van der Waals surface area contributed by atoms with Gasteiger partial charge in [0.2, 0.25) is 0 Å². The van der Waals surface area contributed by atoms with Crippen molar-refractivity contribution < 1.29 is 20.4 Å². The van der Waals surface area contributed by atoms with Crippen LogP contribution in [0.3, 0.4) is 0 Å². The van der Waals surface area contributed by atoms with Gasteiger partial charge in [0, 0.05) is 26.4 Å². The Labute approximate surface area is 92.1 Å². The van der Waals surface area contributed by atoms with Crippen LogP contribution in [0.15, 0.2) is 0 Å². The fourth-order valence-electron chi connectivity index (χ4n) is 0. The van der Waals surface area contributed by atoms with E-state index in [0.29, 0.717) is 0 Å². The molecule has 0 aromatic heterocycles. The number of hydrogen-bond donors (Lipinski definition) is 4. The zero-order valence-electron chi connectivity index (χ0n) is 9.12. The van der Waals surface area contributed by atoms with Crippen LogP contribution >= 0.6 is 0 Å². The molecule has 0 aliphatic heterocycles. The molecular weight excluding hydrogens is 239 g/mol. The van der Waals surface area contributed by atoms with Crippen LogP contribution in [0.2, 0.25) is 0 Å². The van der Waals surface area contributed by atoms with Crippen LogP contribution in [0.5, 0.6) is 0 Å². The summed E-state index contributed by atoms with van der Waals surface area (Å²) in [4.78, 5) is 0. The van der Waals surface area contributed by atoms with Crippen LogP contribution in [0.1, 0.15) is 27.7 Å². The van der Waals surface area contributed by atoms with Crippen molar-refractivity contribution in [3.05, 3.63) is 0 Å². The second-order valence-corrected chi connectivity index (χ2v) is 1.26. The molecule has 0 spiro atoms. The molecule has 0 saturated carbocycles. The predicted molar refractivity (Wildman–Crippen MR) is 59.6 cm³/mol. The van der Waals surface area contributed by atoms with Crippen LogP contribution in [0, 0.1) is 0 Å². The van der Waals surface area contributed by atoms with E-state index in [-0.39, 0.29) is 43.5 Å². The van der Waals surface area contributed by atoms with Gasteiger partial charge in [-0.15, -0.1) is 0 Å². The quantitative estimate of drug-likeness (QED) is 0.427. The minimum atomic E-state index is 0. The van der Waals surface area contributed by atoms with E-state index in [1.165, 1.54) is 0 Å². The van der Waals surface area contributed by atoms with Gasteiger partial charge in [0.25, 0.3) is 0 Å². The van der Waals surface area contributed by atoms with Gasteiger partial charge in [-0.25, -0.2) is 0 Å². The first kappa shape index (κ1) is 29.2. The van der Waals surface area contributed by atoms with Crippen LogP contribution in [-0.2, 0) is 0 Å². The molecule has 0 amide bonds. The molecule has 0 aliphatic rings. The fraction of sp³-hybridized carbons (Fsp3) is 1.00. The third kappa shape index (κ3) is 10300. The zero-order valence-corrected chi connectivity index (χ0v) is 11.2. The summed E-state index contributed by atoms with van der Waals surface area (Å²) in [7, 11) is 0. The molecule has 0 rings (SSSR count). The average molecular weight is 265 g/mol. The molecule has 0 unspecified atom stereocenters. The third-order valence-electron chi connectivity index (χ3n) is 0. The van der Waals surface area contributed by atoms with E-state index in [4.69, 9.17) is 20.4 Å². The van der Waals surface area contributed by atoms with Crippen molar-refractivity contribution >= 4 is 17.1 Å². The molecule has 0 atom stereocenters. The van der Waals surface area contributed by atoms with Crippen LogP contribution < -0.4 is 0 Å². The number of rotatable bonds is 0. The second kappa shape index (κ2) is 83.9. The van der Waals surface area contributed by atoms with Crippen molar-refractivity contribution in [3.63, 3.8) is 0 Å². The van der Waals surface area contributed by atoms with Crippen molar-refractivity contribution in [3.8, 4) is 0 Å².